The highest BCUT2D eigenvalue weighted by Gasteiger charge is 2.22. The summed E-state index contributed by atoms with van der Waals surface area (Å²) in [6.45, 7) is 0.0343. The number of nitrogens with one attached hydrogen (secondary N) is 1. The summed E-state index contributed by atoms with van der Waals surface area (Å²) < 4.78 is 44.0. The number of hydrogen-bond acceptors (Lipinski definition) is 6. The summed E-state index contributed by atoms with van der Waals surface area (Å²) in [5.74, 6) is -0.107. The lowest BCUT2D eigenvalue weighted by atomic mass is 10.1. The van der Waals surface area contributed by atoms with Gasteiger partial charge in [-0.25, -0.2) is 4.98 Å². The first kappa shape index (κ1) is 18.8. The Morgan fingerprint density at radius 2 is 1.93 bits per heavy atom. The molecule has 2 aromatic carbocycles. The molecule has 1 N–H and O–H groups in total. The molecule has 4 rings (SSSR count). The van der Waals surface area contributed by atoms with E-state index in [9.17, 15) is 13.3 Å². The minimum absolute atomic E-state index is 0.107. The molecule has 0 unspecified atom stereocenters. The predicted octanol–water partition coefficient (Wildman–Crippen LogP) is 5.44. The van der Waals surface area contributed by atoms with Crippen molar-refractivity contribution in [2.24, 2.45) is 0 Å². The van der Waals surface area contributed by atoms with Crippen LogP contribution in [0.4, 0.5) is 20.2 Å². The highest BCUT2D eigenvalue weighted by atomic mass is 32.1. The monoisotopic (exact) mass is 419 g/mol. The fraction of sp³-hybridized carbons (Fsp3) is 0.158. The molecule has 9 heteroatoms. The fourth-order valence-electron chi connectivity index (χ4n) is 2.97. The maximum atomic E-state index is 12.8. The molecule has 5 nitrogen and oxygen atoms in total. The van der Waals surface area contributed by atoms with Gasteiger partial charge in [0.2, 0.25) is 0 Å². The van der Waals surface area contributed by atoms with Gasteiger partial charge in [0.05, 0.1) is 26.5 Å². The van der Waals surface area contributed by atoms with Gasteiger partial charge >= 0.3 is 6.61 Å². The Kier molecular flexibility index (Phi) is 4.77. The summed E-state index contributed by atoms with van der Waals surface area (Å²) in [7, 11) is -2.87. The van der Waals surface area contributed by atoms with Crippen molar-refractivity contribution >= 4 is 56.3 Å². The third kappa shape index (κ3) is 3.70. The molecule has 0 saturated heterocycles. The molecule has 2 heterocycles. The lowest BCUT2D eigenvalue weighted by molar-refractivity contribution is -0.0490. The van der Waals surface area contributed by atoms with E-state index in [0.29, 0.717) is 10.9 Å². The molecule has 4 aromatic rings. The van der Waals surface area contributed by atoms with Crippen LogP contribution in [0, 0.1) is 0 Å². The number of rotatable bonds is 5. The van der Waals surface area contributed by atoms with Crippen LogP contribution in [-0.4, -0.2) is 29.9 Å². The van der Waals surface area contributed by atoms with Gasteiger partial charge in [0.25, 0.3) is 0 Å². The summed E-state index contributed by atoms with van der Waals surface area (Å²) in [6, 6.07) is 10.6. The second-order valence-corrected chi connectivity index (χ2v) is 10.7. The number of hydrogen-bond donors (Lipinski definition) is 1. The van der Waals surface area contributed by atoms with Crippen LogP contribution in [0.3, 0.4) is 0 Å². The van der Waals surface area contributed by atoms with Gasteiger partial charge in [-0.2, -0.15) is 8.78 Å². The largest absolute Gasteiger partial charge is 0.434 e. The van der Waals surface area contributed by atoms with Gasteiger partial charge in [-0.1, -0.05) is 0 Å². The summed E-state index contributed by atoms with van der Waals surface area (Å²) in [4.78, 5) is 8.56. The van der Waals surface area contributed by atoms with Gasteiger partial charge in [-0.05, 0) is 43.7 Å². The summed E-state index contributed by atoms with van der Waals surface area (Å²) in [5.41, 5.74) is 4.68. The van der Waals surface area contributed by atoms with E-state index in [0.717, 1.165) is 21.6 Å². The number of benzene rings is 2. The zero-order chi connectivity index (χ0) is 19.9. The molecule has 28 heavy (non-hydrogen) atoms. The number of fused-ring (bicyclic) bond motifs is 2. The minimum atomic E-state index is -3.01. The number of pyridine rings is 1. The Bertz CT molecular complexity index is 1220. The van der Waals surface area contributed by atoms with Crippen molar-refractivity contribution in [3.05, 3.63) is 48.1 Å². The lowest BCUT2D eigenvalue weighted by Crippen LogP contribution is -2.13. The van der Waals surface area contributed by atoms with Crippen molar-refractivity contribution in [2.45, 2.75) is 6.61 Å². The summed E-state index contributed by atoms with van der Waals surface area (Å²) in [6.07, 6.45) is 1.58. The van der Waals surface area contributed by atoms with Gasteiger partial charge < -0.3 is 14.6 Å². The van der Waals surface area contributed by atoms with Crippen LogP contribution in [0.5, 0.6) is 5.75 Å². The summed E-state index contributed by atoms with van der Waals surface area (Å²) >= 11 is 1.56. The first-order valence-corrected chi connectivity index (χ1v) is 11.8. The van der Waals surface area contributed by atoms with E-state index in [1.54, 1.807) is 35.2 Å². The quantitative estimate of drug-likeness (QED) is 0.437. The molecule has 0 atom stereocenters. The average Bonchev–Trinajstić information content (AvgIpc) is 3.07. The summed E-state index contributed by atoms with van der Waals surface area (Å²) in [5, 5.41) is 4.24. The normalized spacial score (nSPS) is 12.0. The molecule has 0 radical (unpaired) electrons. The molecule has 0 amide bonds. The Balaban J connectivity index is 1.83. The van der Waals surface area contributed by atoms with Crippen molar-refractivity contribution in [1.29, 1.82) is 0 Å². The van der Waals surface area contributed by atoms with Crippen molar-refractivity contribution in [3.63, 3.8) is 0 Å². The second kappa shape index (κ2) is 7.11. The molecular weight excluding hydrogens is 403 g/mol. The van der Waals surface area contributed by atoms with E-state index in [-0.39, 0.29) is 11.1 Å². The molecule has 144 valence electrons. The van der Waals surface area contributed by atoms with Crippen LogP contribution >= 0.6 is 18.5 Å². The van der Waals surface area contributed by atoms with Gasteiger partial charge in [0, 0.05) is 29.0 Å². The average molecular weight is 419 g/mol. The van der Waals surface area contributed by atoms with E-state index in [1.165, 1.54) is 19.4 Å². The van der Waals surface area contributed by atoms with Gasteiger partial charge in [0.1, 0.15) is 12.9 Å². The molecule has 0 aliphatic rings. The van der Waals surface area contributed by atoms with Gasteiger partial charge in [0.15, 0.2) is 0 Å². The fourth-order valence-corrected chi connectivity index (χ4v) is 4.72. The number of halogens is 2. The van der Waals surface area contributed by atoms with Crippen LogP contribution in [0.2, 0.25) is 0 Å². The Morgan fingerprint density at radius 3 is 2.68 bits per heavy atom. The third-order valence-electron chi connectivity index (χ3n) is 4.23. The molecule has 0 spiro atoms. The first-order valence-electron chi connectivity index (χ1n) is 8.35. The first-order chi connectivity index (χ1) is 13.3. The molecule has 0 aliphatic heterocycles. The van der Waals surface area contributed by atoms with Crippen molar-refractivity contribution in [2.75, 3.05) is 18.6 Å². The van der Waals surface area contributed by atoms with E-state index in [4.69, 9.17) is 0 Å². The third-order valence-corrected chi connectivity index (χ3v) is 6.55. The maximum Gasteiger partial charge on any atom is 0.387 e. The van der Waals surface area contributed by atoms with E-state index >= 15 is 0 Å². The zero-order valence-electron chi connectivity index (χ0n) is 15.0. The van der Waals surface area contributed by atoms with Crippen LogP contribution in [0.15, 0.2) is 48.1 Å². The van der Waals surface area contributed by atoms with E-state index in [2.05, 4.69) is 20.0 Å². The maximum absolute atomic E-state index is 12.8. The molecular formula is C19H16F2N3O2PS. The van der Waals surface area contributed by atoms with E-state index in [1.807, 2.05) is 18.2 Å². The Labute approximate surface area is 163 Å². The van der Waals surface area contributed by atoms with Gasteiger partial charge in [-0.3, -0.25) is 4.98 Å². The number of ether oxygens (including phenoxy) is 1. The molecule has 0 fully saturated rings. The number of nitrogens with zero attached hydrogens (tertiary/aromatic N) is 2. The van der Waals surface area contributed by atoms with E-state index < -0.39 is 13.8 Å². The van der Waals surface area contributed by atoms with Gasteiger partial charge in [-0.15, -0.1) is 11.3 Å². The standard InChI is InChI=1S/C19H16F2N3O2PS/c1-27(2,25)17-8-12-13(5-6-22-14(12)9-16(17)26-19(20)21)24-11-3-4-18-15(7-11)23-10-28-18/h3-10,19H,1-2H3,(H,22,24). The predicted molar refractivity (Wildman–Crippen MR) is 110 cm³/mol. The van der Waals surface area contributed by atoms with Crippen LogP contribution < -0.4 is 15.4 Å². The highest BCUT2D eigenvalue weighted by Crippen LogP contribution is 2.41. The molecule has 0 bridgehead atoms. The SMILES string of the molecule is CP(C)(=O)c1cc2c(Nc3ccc4scnc4c3)ccnc2cc1OC(F)F. The van der Waals surface area contributed by atoms with Crippen molar-refractivity contribution in [3.8, 4) is 5.75 Å². The molecule has 0 aliphatic carbocycles. The van der Waals surface area contributed by atoms with Crippen molar-refractivity contribution in [1.82, 2.24) is 9.97 Å². The highest BCUT2D eigenvalue weighted by molar-refractivity contribution is 7.70. The van der Waals surface area contributed by atoms with Crippen molar-refractivity contribution < 1.29 is 18.1 Å². The zero-order valence-corrected chi connectivity index (χ0v) is 16.7. The minimum Gasteiger partial charge on any atom is -0.434 e. The van der Waals surface area contributed by atoms with Crippen LogP contribution in [-0.2, 0) is 4.57 Å². The molecule has 2 aromatic heterocycles. The topological polar surface area (TPSA) is 64.1 Å². The smallest absolute Gasteiger partial charge is 0.387 e. The Morgan fingerprint density at radius 1 is 1.11 bits per heavy atom. The second-order valence-electron chi connectivity index (χ2n) is 6.58. The number of aromatic nitrogens is 2. The van der Waals surface area contributed by atoms with Crippen LogP contribution in [0.25, 0.3) is 21.1 Å². The molecule has 0 saturated carbocycles. The van der Waals surface area contributed by atoms with Crippen LogP contribution in [0.1, 0.15) is 0 Å². The number of alkyl halides is 2. The lowest BCUT2D eigenvalue weighted by Gasteiger charge is -2.17. The number of thiazole rings is 1. The Hall–Kier alpha value is -2.57. The number of anilines is 2.